The fourth-order valence-electron chi connectivity index (χ4n) is 2.29. The molecule has 0 aliphatic rings. The molecule has 2 aromatic heterocycles. The molecule has 8 heteroatoms. The fourth-order valence-corrected chi connectivity index (χ4v) is 2.92. The van der Waals surface area contributed by atoms with Crippen LogP contribution in [-0.4, -0.2) is 22.4 Å². The molecule has 0 aliphatic carbocycles. The molecule has 25 heavy (non-hydrogen) atoms. The molecule has 128 valence electrons. The van der Waals surface area contributed by atoms with Crippen molar-refractivity contribution in [3.63, 3.8) is 0 Å². The molecule has 0 aliphatic heterocycles. The first kappa shape index (κ1) is 16.8. The van der Waals surface area contributed by atoms with E-state index in [1.807, 2.05) is 36.6 Å². The summed E-state index contributed by atoms with van der Waals surface area (Å²) in [4.78, 5) is 26.2. The van der Waals surface area contributed by atoms with Gasteiger partial charge in [-0.1, -0.05) is 24.3 Å². The van der Waals surface area contributed by atoms with E-state index in [0.717, 1.165) is 27.9 Å². The summed E-state index contributed by atoms with van der Waals surface area (Å²) in [5.74, 6) is -0.985. The Morgan fingerprint density at radius 3 is 2.64 bits per heavy atom. The largest absolute Gasteiger partial charge is 0.433 e. The lowest BCUT2D eigenvalue weighted by Gasteiger charge is -2.04. The maximum atomic E-state index is 11.9. The van der Waals surface area contributed by atoms with E-state index in [0.29, 0.717) is 13.0 Å². The summed E-state index contributed by atoms with van der Waals surface area (Å²) in [5, 5.41) is 16.3. The van der Waals surface area contributed by atoms with E-state index in [2.05, 4.69) is 10.3 Å². The first-order chi connectivity index (χ1) is 12.0. The van der Waals surface area contributed by atoms with Gasteiger partial charge in [0.05, 0.1) is 16.8 Å². The molecule has 2 heterocycles. The van der Waals surface area contributed by atoms with Crippen LogP contribution in [0.15, 0.2) is 46.2 Å². The van der Waals surface area contributed by atoms with Gasteiger partial charge in [0.25, 0.3) is 5.91 Å². The van der Waals surface area contributed by atoms with E-state index in [1.165, 1.54) is 6.07 Å². The third-order valence-electron chi connectivity index (χ3n) is 3.56. The Morgan fingerprint density at radius 1 is 1.28 bits per heavy atom. The van der Waals surface area contributed by atoms with Crippen molar-refractivity contribution < 1.29 is 14.1 Å². The van der Waals surface area contributed by atoms with E-state index < -0.39 is 16.7 Å². The van der Waals surface area contributed by atoms with Crippen molar-refractivity contribution in [3.8, 4) is 11.3 Å². The number of carbonyl (C=O) groups excluding carboxylic acids is 1. The van der Waals surface area contributed by atoms with Crippen molar-refractivity contribution >= 4 is 23.1 Å². The maximum Gasteiger partial charge on any atom is 0.433 e. The molecule has 3 rings (SSSR count). The first-order valence-electron chi connectivity index (χ1n) is 7.57. The molecule has 3 aromatic rings. The van der Waals surface area contributed by atoms with Crippen molar-refractivity contribution in [2.24, 2.45) is 0 Å². The van der Waals surface area contributed by atoms with Crippen LogP contribution in [0, 0.1) is 17.0 Å². The Kier molecular flexibility index (Phi) is 4.90. The fraction of sp³-hybridized carbons (Fsp3) is 0.176. The van der Waals surface area contributed by atoms with Gasteiger partial charge in [0, 0.05) is 17.5 Å². The molecular weight excluding hydrogens is 342 g/mol. The summed E-state index contributed by atoms with van der Waals surface area (Å²) in [6.45, 7) is 2.38. The molecule has 0 unspecified atom stereocenters. The van der Waals surface area contributed by atoms with Crippen LogP contribution < -0.4 is 5.32 Å². The molecular formula is C17H15N3O4S. The first-order valence-corrected chi connectivity index (χ1v) is 8.45. The average molecular weight is 357 g/mol. The van der Waals surface area contributed by atoms with Crippen molar-refractivity contribution in [3.05, 3.63) is 68.2 Å². The lowest BCUT2D eigenvalue weighted by atomic mass is 10.1. The minimum atomic E-state index is -0.678. The lowest BCUT2D eigenvalue weighted by molar-refractivity contribution is -0.402. The van der Waals surface area contributed by atoms with Crippen molar-refractivity contribution in [2.45, 2.75) is 13.3 Å². The standard InChI is InChI=1S/C17H15N3O4S/c1-11-19-14(10-25-11)13-4-2-12(3-5-13)8-9-18-17(21)15-6-7-16(24-15)20(22)23/h2-7,10H,8-9H2,1H3,(H,18,21). The highest BCUT2D eigenvalue weighted by molar-refractivity contribution is 7.09. The molecule has 0 atom stereocenters. The number of nitrogens with one attached hydrogen (secondary N) is 1. The van der Waals surface area contributed by atoms with E-state index in [-0.39, 0.29) is 5.76 Å². The number of benzene rings is 1. The normalized spacial score (nSPS) is 10.6. The van der Waals surface area contributed by atoms with Crippen LogP contribution >= 0.6 is 11.3 Å². The molecule has 1 aromatic carbocycles. The van der Waals surface area contributed by atoms with Gasteiger partial charge in [0.2, 0.25) is 0 Å². The Labute approximate surface area is 147 Å². The van der Waals surface area contributed by atoms with Crippen molar-refractivity contribution in [2.75, 3.05) is 6.54 Å². The number of hydrogen-bond acceptors (Lipinski definition) is 6. The van der Waals surface area contributed by atoms with Crippen molar-refractivity contribution in [1.29, 1.82) is 0 Å². The number of nitrogens with zero attached hydrogens (tertiary/aromatic N) is 2. The highest BCUT2D eigenvalue weighted by atomic mass is 32.1. The molecule has 7 nitrogen and oxygen atoms in total. The van der Waals surface area contributed by atoms with Gasteiger partial charge in [0.1, 0.15) is 4.92 Å². The minimum Gasteiger partial charge on any atom is -0.395 e. The minimum absolute atomic E-state index is 0.0686. The summed E-state index contributed by atoms with van der Waals surface area (Å²) < 4.78 is 4.86. The monoisotopic (exact) mass is 357 g/mol. The molecule has 0 saturated carbocycles. The molecule has 0 bridgehead atoms. The van der Waals surface area contributed by atoms with Gasteiger partial charge < -0.3 is 9.73 Å². The zero-order valence-electron chi connectivity index (χ0n) is 13.4. The van der Waals surface area contributed by atoms with Gasteiger partial charge in [-0.3, -0.25) is 14.9 Å². The number of carbonyl (C=O) groups is 1. The zero-order valence-corrected chi connectivity index (χ0v) is 14.2. The van der Waals surface area contributed by atoms with E-state index >= 15 is 0 Å². The van der Waals surface area contributed by atoms with E-state index in [9.17, 15) is 14.9 Å². The van der Waals surface area contributed by atoms with Crippen LogP contribution in [0.3, 0.4) is 0 Å². The van der Waals surface area contributed by atoms with E-state index in [4.69, 9.17) is 4.42 Å². The Hall–Kier alpha value is -3.00. The van der Waals surface area contributed by atoms with Crippen LogP contribution in [0.2, 0.25) is 0 Å². The summed E-state index contributed by atoms with van der Waals surface area (Å²) in [7, 11) is 0. The number of rotatable bonds is 6. The Morgan fingerprint density at radius 2 is 2.04 bits per heavy atom. The number of hydrogen-bond donors (Lipinski definition) is 1. The van der Waals surface area contributed by atoms with Crippen LogP contribution in [0.25, 0.3) is 11.3 Å². The molecule has 1 amide bonds. The zero-order chi connectivity index (χ0) is 17.8. The SMILES string of the molecule is Cc1nc(-c2ccc(CCNC(=O)c3ccc([N+](=O)[O-])o3)cc2)cs1. The summed E-state index contributed by atoms with van der Waals surface area (Å²) in [6, 6.07) is 10.4. The van der Waals surface area contributed by atoms with Crippen LogP contribution in [0.5, 0.6) is 0 Å². The highest BCUT2D eigenvalue weighted by Gasteiger charge is 2.16. The van der Waals surface area contributed by atoms with Crippen LogP contribution in [0.1, 0.15) is 21.1 Å². The second-order valence-corrected chi connectivity index (χ2v) is 6.41. The lowest BCUT2D eigenvalue weighted by Crippen LogP contribution is -2.25. The van der Waals surface area contributed by atoms with Gasteiger partial charge in [0.15, 0.2) is 5.76 Å². The van der Waals surface area contributed by atoms with Crippen LogP contribution in [-0.2, 0) is 6.42 Å². The van der Waals surface area contributed by atoms with Gasteiger partial charge in [-0.15, -0.1) is 11.3 Å². The number of aryl methyl sites for hydroxylation is 1. The van der Waals surface area contributed by atoms with Crippen molar-refractivity contribution in [1.82, 2.24) is 10.3 Å². The predicted octanol–water partition coefficient (Wildman–Crippen LogP) is 3.59. The third-order valence-corrected chi connectivity index (χ3v) is 4.34. The van der Waals surface area contributed by atoms with Gasteiger partial charge in [-0.05, 0) is 25.0 Å². The number of amides is 1. The number of nitro groups is 1. The average Bonchev–Trinajstić information content (AvgIpc) is 3.24. The molecule has 0 spiro atoms. The summed E-state index contributed by atoms with van der Waals surface area (Å²) in [5.41, 5.74) is 3.09. The summed E-state index contributed by atoms with van der Waals surface area (Å²) in [6.07, 6.45) is 0.644. The molecule has 0 radical (unpaired) electrons. The highest BCUT2D eigenvalue weighted by Crippen LogP contribution is 2.22. The number of furan rings is 1. The van der Waals surface area contributed by atoms with Gasteiger partial charge in [-0.2, -0.15) is 0 Å². The predicted molar refractivity (Wildman–Crippen MR) is 93.7 cm³/mol. The number of aromatic nitrogens is 1. The second kappa shape index (κ2) is 7.27. The Bertz CT molecular complexity index is 899. The smallest absolute Gasteiger partial charge is 0.395 e. The van der Waals surface area contributed by atoms with E-state index in [1.54, 1.807) is 11.3 Å². The second-order valence-electron chi connectivity index (χ2n) is 5.35. The maximum absolute atomic E-state index is 11.9. The molecule has 1 N–H and O–H groups in total. The Balaban J connectivity index is 1.53. The molecule has 0 fully saturated rings. The van der Waals surface area contributed by atoms with Crippen LogP contribution in [0.4, 0.5) is 5.88 Å². The molecule has 0 saturated heterocycles. The van der Waals surface area contributed by atoms with Gasteiger partial charge in [-0.25, -0.2) is 4.98 Å². The third kappa shape index (κ3) is 4.10. The van der Waals surface area contributed by atoms with Gasteiger partial charge >= 0.3 is 5.88 Å². The summed E-state index contributed by atoms with van der Waals surface area (Å²) >= 11 is 1.61. The quantitative estimate of drug-likeness (QED) is 0.537. The number of thiazole rings is 1. The topological polar surface area (TPSA) is 98.3 Å².